The minimum atomic E-state index is 0.0240. The normalized spacial score (nSPS) is 12.6. The molecular formula is C17H26N4O2. The van der Waals surface area contributed by atoms with E-state index in [0.717, 1.165) is 28.0 Å². The van der Waals surface area contributed by atoms with Crippen LogP contribution in [-0.2, 0) is 23.0 Å². The van der Waals surface area contributed by atoms with Crippen molar-refractivity contribution in [3.05, 3.63) is 22.5 Å². The second-order valence-electron chi connectivity index (χ2n) is 6.13. The fourth-order valence-electron chi connectivity index (χ4n) is 3.11. The summed E-state index contributed by atoms with van der Waals surface area (Å²) in [7, 11) is 3.54. The monoisotopic (exact) mass is 318 g/mol. The molecule has 0 aliphatic rings. The number of ether oxygens (including phenoxy) is 1. The first-order chi connectivity index (χ1) is 10.8. The van der Waals surface area contributed by atoms with Gasteiger partial charge in [-0.25, -0.2) is 4.98 Å². The number of rotatable bonds is 6. The van der Waals surface area contributed by atoms with E-state index in [4.69, 9.17) is 4.74 Å². The van der Waals surface area contributed by atoms with E-state index in [-0.39, 0.29) is 11.9 Å². The molecule has 0 radical (unpaired) electrons. The summed E-state index contributed by atoms with van der Waals surface area (Å²) in [6, 6.07) is 0.0240. The number of nitrogens with zero attached hydrogens (tertiary/aromatic N) is 3. The number of carbonyl (C=O) groups is 1. The van der Waals surface area contributed by atoms with Gasteiger partial charge in [0.05, 0.1) is 12.3 Å². The van der Waals surface area contributed by atoms with Crippen LogP contribution in [0.3, 0.4) is 0 Å². The van der Waals surface area contributed by atoms with Crippen LogP contribution in [0.5, 0.6) is 0 Å². The van der Waals surface area contributed by atoms with Gasteiger partial charge < -0.3 is 10.1 Å². The lowest BCUT2D eigenvalue weighted by molar-refractivity contribution is -0.122. The molecule has 2 aromatic rings. The van der Waals surface area contributed by atoms with Gasteiger partial charge in [0.1, 0.15) is 0 Å². The number of amides is 1. The molecule has 6 nitrogen and oxygen atoms in total. The number of aromatic nitrogens is 3. The molecule has 0 saturated heterocycles. The summed E-state index contributed by atoms with van der Waals surface area (Å²) < 4.78 is 6.85. The Labute approximate surface area is 137 Å². The van der Waals surface area contributed by atoms with E-state index in [9.17, 15) is 4.79 Å². The van der Waals surface area contributed by atoms with E-state index in [2.05, 4.69) is 22.3 Å². The third-order valence-electron chi connectivity index (χ3n) is 4.16. The molecular weight excluding hydrogens is 292 g/mol. The van der Waals surface area contributed by atoms with Crippen LogP contribution >= 0.6 is 0 Å². The minimum absolute atomic E-state index is 0.0240. The smallest absolute Gasteiger partial charge is 0.220 e. The van der Waals surface area contributed by atoms with E-state index < -0.39 is 0 Å². The van der Waals surface area contributed by atoms with Crippen LogP contribution in [0.25, 0.3) is 11.0 Å². The Morgan fingerprint density at radius 3 is 2.65 bits per heavy atom. The summed E-state index contributed by atoms with van der Waals surface area (Å²) in [5.41, 5.74) is 5.17. The molecule has 0 saturated carbocycles. The fourth-order valence-corrected chi connectivity index (χ4v) is 3.11. The highest BCUT2D eigenvalue weighted by atomic mass is 16.5. The summed E-state index contributed by atoms with van der Waals surface area (Å²) >= 11 is 0. The van der Waals surface area contributed by atoms with Gasteiger partial charge in [-0.1, -0.05) is 0 Å². The van der Waals surface area contributed by atoms with Crippen molar-refractivity contribution in [3.63, 3.8) is 0 Å². The number of nitrogens with one attached hydrogen (secondary N) is 1. The third-order valence-corrected chi connectivity index (χ3v) is 4.16. The maximum atomic E-state index is 12.1. The van der Waals surface area contributed by atoms with Crippen molar-refractivity contribution in [2.45, 2.75) is 46.6 Å². The fraction of sp³-hybridized carbons (Fsp3) is 0.588. The van der Waals surface area contributed by atoms with Crippen LogP contribution < -0.4 is 5.32 Å². The summed E-state index contributed by atoms with van der Waals surface area (Å²) in [6.45, 7) is 8.54. The largest absolute Gasteiger partial charge is 0.383 e. The molecule has 23 heavy (non-hydrogen) atoms. The predicted molar refractivity (Wildman–Crippen MR) is 90.5 cm³/mol. The van der Waals surface area contributed by atoms with Crippen LogP contribution in [0.4, 0.5) is 0 Å². The zero-order chi connectivity index (χ0) is 17.1. The lowest BCUT2D eigenvalue weighted by atomic mass is 9.99. The van der Waals surface area contributed by atoms with Crippen LogP contribution in [0.1, 0.15) is 35.9 Å². The molecule has 0 aliphatic heterocycles. The van der Waals surface area contributed by atoms with Gasteiger partial charge in [-0.05, 0) is 45.2 Å². The molecule has 2 aromatic heterocycles. The molecule has 0 bridgehead atoms. The maximum absolute atomic E-state index is 12.1. The van der Waals surface area contributed by atoms with Crippen LogP contribution in [0, 0.1) is 20.8 Å². The van der Waals surface area contributed by atoms with Crippen LogP contribution in [-0.4, -0.2) is 40.4 Å². The Balaban J connectivity index is 2.17. The Kier molecular flexibility index (Phi) is 5.36. The molecule has 0 spiro atoms. The average Bonchev–Trinajstić information content (AvgIpc) is 2.73. The molecule has 2 heterocycles. The lowest BCUT2D eigenvalue weighted by Crippen LogP contribution is -2.35. The topological polar surface area (TPSA) is 69.0 Å². The summed E-state index contributed by atoms with van der Waals surface area (Å²) in [5.74, 6) is 0.0383. The summed E-state index contributed by atoms with van der Waals surface area (Å²) in [4.78, 5) is 16.7. The van der Waals surface area contributed by atoms with Gasteiger partial charge in [0, 0.05) is 37.7 Å². The van der Waals surface area contributed by atoms with Crippen molar-refractivity contribution in [2.24, 2.45) is 7.05 Å². The van der Waals surface area contributed by atoms with E-state index in [1.807, 2.05) is 32.5 Å². The van der Waals surface area contributed by atoms with Gasteiger partial charge in [0.25, 0.3) is 0 Å². The first-order valence-corrected chi connectivity index (χ1v) is 7.92. The molecule has 0 aliphatic carbocycles. The third kappa shape index (κ3) is 3.69. The molecule has 0 fully saturated rings. The first kappa shape index (κ1) is 17.4. The van der Waals surface area contributed by atoms with Crippen molar-refractivity contribution < 1.29 is 9.53 Å². The predicted octanol–water partition coefficient (Wildman–Crippen LogP) is 1.98. The highest BCUT2D eigenvalue weighted by Crippen LogP contribution is 2.25. The SMILES string of the molecule is COCC(C)NC(=O)CCc1c(C)nc2c(c(C)nn2C)c1C. The quantitative estimate of drug-likeness (QED) is 0.884. The number of hydrogen-bond donors (Lipinski definition) is 1. The molecule has 1 unspecified atom stereocenters. The van der Waals surface area contributed by atoms with Crippen molar-refractivity contribution >= 4 is 16.9 Å². The van der Waals surface area contributed by atoms with Gasteiger partial charge in [0.2, 0.25) is 5.91 Å². The van der Waals surface area contributed by atoms with Gasteiger partial charge >= 0.3 is 0 Å². The second kappa shape index (κ2) is 7.08. The molecule has 1 N–H and O–H groups in total. The maximum Gasteiger partial charge on any atom is 0.220 e. The van der Waals surface area contributed by atoms with Crippen LogP contribution in [0.15, 0.2) is 0 Å². The van der Waals surface area contributed by atoms with Crippen LogP contribution in [0.2, 0.25) is 0 Å². The first-order valence-electron chi connectivity index (χ1n) is 7.92. The summed E-state index contributed by atoms with van der Waals surface area (Å²) in [6.07, 6.45) is 1.13. The highest BCUT2D eigenvalue weighted by Gasteiger charge is 2.16. The number of pyridine rings is 1. The molecule has 6 heteroatoms. The van der Waals surface area contributed by atoms with Gasteiger partial charge in [-0.2, -0.15) is 5.10 Å². The number of hydrogen-bond acceptors (Lipinski definition) is 4. The molecule has 1 atom stereocenters. The van der Waals surface area contributed by atoms with E-state index in [1.54, 1.807) is 7.11 Å². The Morgan fingerprint density at radius 2 is 2.00 bits per heavy atom. The minimum Gasteiger partial charge on any atom is -0.383 e. The number of methoxy groups -OCH3 is 1. The van der Waals surface area contributed by atoms with E-state index >= 15 is 0 Å². The highest BCUT2D eigenvalue weighted by molar-refractivity contribution is 5.84. The van der Waals surface area contributed by atoms with Crippen molar-refractivity contribution in [1.29, 1.82) is 0 Å². The molecule has 126 valence electrons. The van der Waals surface area contributed by atoms with Crippen molar-refractivity contribution in [3.8, 4) is 0 Å². The Morgan fingerprint density at radius 1 is 1.30 bits per heavy atom. The van der Waals surface area contributed by atoms with E-state index in [1.165, 1.54) is 5.56 Å². The number of aryl methyl sites for hydroxylation is 4. The van der Waals surface area contributed by atoms with Crippen molar-refractivity contribution in [2.75, 3.05) is 13.7 Å². The lowest BCUT2D eigenvalue weighted by Gasteiger charge is -2.14. The molecule has 2 rings (SSSR count). The van der Waals surface area contributed by atoms with Gasteiger partial charge in [0.15, 0.2) is 5.65 Å². The Hall–Kier alpha value is -1.95. The zero-order valence-electron chi connectivity index (χ0n) is 14.9. The zero-order valence-corrected chi connectivity index (χ0v) is 14.9. The molecule has 1 amide bonds. The van der Waals surface area contributed by atoms with Gasteiger partial charge in [-0.3, -0.25) is 9.48 Å². The second-order valence-corrected chi connectivity index (χ2v) is 6.13. The van der Waals surface area contributed by atoms with E-state index in [0.29, 0.717) is 19.4 Å². The standard InChI is InChI=1S/C17H26N4O2/c1-10(9-23-6)18-15(22)8-7-14-11(2)16-13(4)20-21(5)17(16)19-12(14)3/h10H,7-9H2,1-6H3,(H,18,22). The average molecular weight is 318 g/mol. The summed E-state index contributed by atoms with van der Waals surface area (Å²) in [5, 5.41) is 8.49. The number of carbonyl (C=O) groups excluding carboxylic acids is 1. The number of fused-ring (bicyclic) bond motifs is 1. The van der Waals surface area contributed by atoms with Gasteiger partial charge in [-0.15, -0.1) is 0 Å². The Bertz CT molecular complexity index is 721. The van der Waals surface area contributed by atoms with Crippen molar-refractivity contribution in [1.82, 2.24) is 20.1 Å². The molecule has 0 aromatic carbocycles.